The molecule has 0 bridgehead atoms. The van der Waals surface area contributed by atoms with Crippen molar-refractivity contribution in [3.05, 3.63) is 62.9 Å². The smallest absolute Gasteiger partial charge is 0.230 e. The molecule has 2 heterocycles. The minimum atomic E-state index is -0.292. The van der Waals surface area contributed by atoms with Gasteiger partial charge < -0.3 is 5.32 Å². The molecular formula is C17H16BrCl2N5O. The lowest BCUT2D eigenvalue weighted by Crippen LogP contribution is -2.25. The predicted molar refractivity (Wildman–Crippen MR) is 106 cm³/mol. The lowest BCUT2D eigenvalue weighted by Gasteiger charge is -2.11. The number of hydrogen-bond donors (Lipinski definition) is 1. The van der Waals surface area contributed by atoms with Crippen LogP contribution in [0.1, 0.15) is 12.5 Å². The monoisotopic (exact) mass is 455 g/mol. The van der Waals surface area contributed by atoms with Crippen molar-refractivity contribution in [2.24, 2.45) is 5.92 Å². The second-order valence-corrected chi connectivity index (χ2v) is 7.68. The van der Waals surface area contributed by atoms with Gasteiger partial charge in [-0.1, -0.05) is 42.3 Å². The zero-order chi connectivity index (χ0) is 18.7. The summed E-state index contributed by atoms with van der Waals surface area (Å²) in [6.45, 7) is 2.81. The first-order valence-electron chi connectivity index (χ1n) is 7.87. The number of carbonyl (C=O) groups is 1. The van der Waals surface area contributed by atoms with Crippen molar-refractivity contribution in [3.63, 3.8) is 0 Å². The van der Waals surface area contributed by atoms with E-state index in [1.165, 1.54) is 0 Å². The second-order valence-electron chi connectivity index (χ2n) is 5.92. The summed E-state index contributed by atoms with van der Waals surface area (Å²) in [5.74, 6) is -0.117. The van der Waals surface area contributed by atoms with Crippen molar-refractivity contribution in [2.75, 3.05) is 5.32 Å². The molecule has 1 aromatic carbocycles. The molecule has 3 rings (SSSR count). The maximum absolute atomic E-state index is 12.4. The lowest BCUT2D eigenvalue weighted by atomic mass is 10.1. The Morgan fingerprint density at radius 3 is 2.62 bits per heavy atom. The molecule has 0 spiro atoms. The van der Waals surface area contributed by atoms with E-state index in [9.17, 15) is 4.79 Å². The fraction of sp³-hybridized carbons (Fsp3) is 0.235. The molecule has 2 aromatic heterocycles. The fourth-order valence-corrected chi connectivity index (χ4v) is 3.03. The number of rotatable bonds is 6. The maximum atomic E-state index is 12.4. The molecule has 0 fully saturated rings. The van der Waals surface area contributed by atoms with Gasteiger partial charge >= 0.3 is 0 Å². The van der Waals surface area contributed by atoms with E-state index in [4.69, 9.17) is 23.2 Å². The van der Waals surface area contributed by atoms with Crippen LogP contribution in [0.3, 0.4) is 0 Å². The number of halogens is 3. The zero-order valence-corrected chi connectivity index (χ0v) is 17.0. The van der Waals surface area contributed by atoms with Gasteiger partial charge in [-0.15, -0.1) is 0 Å². The molecule has 0 radical (unpaired) electrons. The van der Waals surface area contributed by atoms with Gasteiger partial charge in [-0.25, -0.2) is 0 Å². The third-order valence-electron chi connectivity index (χ3n) is 3.73. The van der Waals surface area contributed by atoms with Gasteiger partial charge in [0.25, 0.3) is 0 Å². The first-order valence-corrected chi connectivity index (χ1v) is 9.42. The molecule has 3 aromatic rings. The van der Waals surface area contributed by atoms with Gasteiger partial charge in [0.2, 0.25) is 5.91 Å². The summed E-state index contributed by atoms with van der Waals surface area (Å²) in [4.78, 5) is 12.4. The maximum Gasteiger partial charge on any atom is 0.230 e. The second kappa shape index (κ2) is 8.24. The van der Waals surface area contributed by atoms with Crippen LogP contribution in [-0.2, 0) is 17.9 Å². The van der Waals surface area contributed by atoms with Gasteiger partial charge in [-0.3, -0.25) is 14.2 Å². The van der Waals surface area contributed by atoms with Crippen molar-refractivity contribution in [1.29, 1.82) is 0 Å². The quantitative estimate of drug-likeness (QED) is 0.594. The Kier molecular flexibility index (Phi) is 6.01. The number of nitrogens with one attached hydrogen (secondary N) is 1. The SMILES string of the molecule is CC(Cn1cc(Br)cn1)C(=O)Nc1nn(Cc2ccc(Cl)cc2)cc1Cl. The van der Waals surface area contributed by atoms with Gasteiger partial charge in [-0.05, 0) is 33.6 Å². The third-order valence-corrected chi connectivity index (χ3v) is 4.66. The minimum absolute atomic E-state index is 0.171. The van der Waals surface area contributed by atoms with E-state index in [0.29, 0.717) is 29.0 Å². The Morgan fingerprint density at radius 2 is 1.96 bits per heavy atom. The number of anilines is 1. The van der Waals surface area contributed by atoms with Crippen molar-refractivity contribution in [3.8, 4) is 0 Å². The highest BCUT2D eigenvalue weighted by molar-refractivity contribution is 9.10. The highest BCUT2D eigenvalue weighted by Gasteiger charge is 2.17. The summed E-state index contributed by atoms with van der Waals surface area (Å²) in [7, 11) is 0. The predicted octanol–water partition coefficient (Wildman–Crippen LogP) is 4.47. The van der Waals surface area contributed by atoms with Crippen molar-refractivity contribution in [2.45, 2.75) is 20.0 Å². The van der Waals surface area contributed by atoms with Crippen LogP contribution >= 0.6 is 39.1 Å². The van der Waals surface area contributed by atoms with Gasteiger partial charge in [0.15, 0.2) is 5.82 Å². The van der Waals surface area contributed by atoms with Gasteiger partial charge in [0, 0.05) is 17.4 Å². The number of amides is 1. The van der Waals surface area contributed by atoms with E-state index < -0.39 is 0 Å². The summed E-state index contributed by atoms with van der Waals surface area (Å²) in [6, 6.07) is 7.47. The Bertz CT molecular complexity index is 906. The van der Waals surface area contributed by atoms with E-state index in [-0.39, 0.29) is 11.8 Å². The van der Waals surface area contributed by atoms with Crippen molar-refractivity contribution < 1.29 is 4.79 Å². The number of aromatic nitrogens is 4. The minimum Gasteiger partial charge on any atom is -0.308 e. The molecule has 1 atom stereocenters. The van der Waals surface area contributed by atoms with E-state index in [1.54, 1.807) is 21.8 Å². The van der Waals surface area contributed by atoms with Crippen LogP contribution in [0.4, 0.5) is 5.82 Å². The van der Waals surface area contributed by atoms with Crippen LogP contribution in [0.15, 0.2) is 47.3 Å². The van der Waals surface area contributed by atoms with E-state index in [1.807, 2.05) is 37.4 Å². The number of benzene rings is 1. The topological polar surface area (TPSA) is 64.7 Å². The zero-order valence-electron chi connectivity index (χ0n) is 13.9. The average molecular weight is 457 g/mol. The molecule has 9 heteroatoms. The summed E-state index contributed by atoms with van der Waals surface area (Å²) < 4.78 is 4.25. The highest BCUT2D eigenvalue weighted by Crippen LogP contribution is 2.21. The van der Waals surface area contributed by atoms with Crippen molar-refractivity contribution in [1.82, 2.24) is 19.6 Å². The van der Waals surface area contributed by atoms with Gasteiger partial charge in [0.05, 0.1) is 29.7 Å². The van der Waals surface area contributed by atoms with Crippen LogP contribution in [0.2, 0.25) is 10.0 Å². The molecule has 0 saturated heterocycles. The largest absolute Gasteiger partial charge is 0.308 e. The number of carbonyl (C=O) groups excluding carboxylic acids is 1. The lowest BCUT2D eigenvalue weighted by molar-refractivity contribution is -0.119. The van der Waals surface area contributed by atoms with Crippen LogP contribution < -0.4 is 5.32 Å². The van der Waals surface area contributed by atoms with Crippen molar-refractivity contribution >= 4 is 50.9 Å². The normalized spacial score (nSPS) is 12.2. The molecule has 0 aliphatic carbocycles. The van der Waals surface area contributed by atoms with E-state index in [2.05, 4.69) is 31.4 Å². The number of hydrogen-bond acceptors (Lipinski definition) is 3. The van der Waals surface area contributed by atoms with E-state index >= 15 is 0 Å². The fourth-order valence-electron chi connectivity index (χ4n) is 2.38. The van der Waals surface area contributed by atoms with Crippen LogP contribution in [0, 0.1) is 5.92 Å². The van der Waals surface area contributed by atoms with E-state index in [0.717, 1.165) is 10.0 Å². The summed E-state index contributed by atoms with van der Waals surface area (Å²) in [5, 5.41) is 12.4. The standard InChI is InChI=1S/C17H16BrCl2N5O/c1-11(7-24-9-13(18)6-21-24)17(26)22-16-15(20)10-25(23-16)8-12-2-4-14(19)5-3-12/h2-6,9-11H,7-8H2,1H3,(H,22,23,26). The highest BCUT2D eigenvalue weighted by atomic mass is 79.9. The molecule has 1 unspecified atom stereocenters. The van der Waals surface area contributed by atoms with Crippen LogP contribution in [0.5, 0.6) is 0 Å². The van der Waals surface area contributed by atoms with Crippen LogP contribution in [0.25, 0.3) is 0 Å². The summed E-state index contributed by atoms with van der Waals surface area (Å²) >= 11 is 15.4. The molecular weight excluding hydrogens is 441 g/mol. The summed E-state index contributed by atoms with van der Waals surface area (Å²) in [6.07, 6.45) is 5.18. The Hall–Kier alpha value is -1.83. The number of nitrogens with zero attached hydrogens (tertiary/aromatic N) is 4. The average Bonchev–Trinajstić information content (AvgIpc) is 3.15. The Morgan fingerprint density at radius 1 is 1.23 bits per heavy atom. The molecule has 26 heavy (non-hydrogen) atoms. The molecule has 1 N–H and O–H groups in total. The molecule has 0 saturated carbocycles. The molecule has 136 valence electrons. The van der Waals surface area contributed by atoms with Crippen LogP contribution in [-0.4, -0.2) is 25.5 Å². The third kappa shape index (κ3) is 4.87. The molecule has 0 aliphatic heterocycles. The first kappa shape index (κ1) is 18.9. The molecule has 6 nitrogen and oxygen atoms in total. The molecule has 0 aliphatic rings. The van der Waals surface area contributed by atoms with Gasteiger partial charge in [-0.2, -0.15) is 10.2 Å². The van der Waals surface area contributed by atoms with Gasteiger partial charge in [0.1, 0.15) is 5.02 Å². The first-order chi connectivity index (χ1) is 12.4. The Balaban J connectivity index is 1.63. The summed E-state index contributed by atoms with van der Waals surface area (Å²) in [5.41, 5.74) is 1.03. The Labute approximate surface area is 169 Å². The molecule has 1 amide bonds.